The summed E-state index contributed by atoms with van der Waals surface area (Å²) in [5.41, 5.74) is 3.79. The SMILES string of the molecule is CCOC(=O)c1ccc(-c2c(C#N)c3ccc(OC)cc3n2CC)cc1. The Morgan fingerprint density at radius 2 is 1.88 bits per heavy atom. The number of hydrogen-bond donors (Lipinski definition) is 0. The molecule has 0 aliphatic carbocycles. The van der Waals surface area contributed by atoms with E-state index >= 15 is 0 Å². The van der Waals surface area contributed by atoms with Gasteiger partial charge in [0, 0.05) is 18.0 Å². The van der Waals surface area contributed by atoms with Gasteiger partial charge in [-0.1, -0.05) is 12.1 Å². The summed E-state index contributed by atoms with van der Waals surface area (Å²) in [6.07, 6.45) is 0. The van der Waals surface area contributed by atoms with Gasteiger partial charge in [0.1, 0.15) is 11.8 Å². The molecule has 3 rings (SSSR count). The molecule has 0 bridgehead atoms. The van der Waals surface area contributed by atoms with Gasteiger partial charge in [0.05, 0.1) is 36.1 Å². The van der Waals surface area contributed by atoms with Crippen molar-refractivity contribution < 1.29 is 14.3 Å². The Morgan fingerprint density at radius 3 is 2.46 bits per heavy atom. The monoisotopic (exact) mass is 348 g/mol. The standard InChI is InChI=1S/C21H20N2O3/c1-4-23-19-12-16(25-3)10-11-17(19)18(13-22)20(23)14-6-8-15(9-7-14)21(24)26-5-2/h6-12H,4-5H2,1-3H3. The summed E-state index contributed by atoms with van der Waals surface area (Å²) < 4.78 is 12.4. The van der Waals surface area contributed by atoms with Crippen LogP contribution in [-0.4, -0.2) is 24.3 Å². The first-order chi connectivity index (χ1) is 12.6. The van der Waals surface area contributed by atoms with E-state index < -0.39 is 0 Å². The summed E-state index contributed by atoms with van der Waals surface area (Å²) in [5, 5.41) is 10.6. The number of nitrogens with zero attached hydrogens (tertiary/aromatic N) is 2. The van der Waals surface area contributed by atoms with Gasteiger partial charge in [0.2, 0.25) is 0 Å². The highest BCUT2D eigenvalue weighted by atomic mass is 16.5. The van der Waals surface area contributed by atoms with Crippen LogP contribution in [0.25, 0.3) is 22.2 Å². The molecule has 0 spiro atoms. The zero-order chi connectivity index (χ0) is 18.7. The van der Waals surface area contributed by atoms with Crippen LogP contribution in [0.15, 0.2) is 42.5 Å². The minimum Gasteiger partial charge on any atom is -0.497 e. The third-order valence-electron chi connectivity index (χ3n) is 4.37. The van der Waals surface area contributed by atoms with E-state index in [2.05, 4.69) is 10.6 Å². The molecule has 0 aliphatic rings. The minimum atomic E-state index is -0.347. The number of hydrogen-bond acceptors (Lipinski definition) is 4. The van der Waals surface area contributed by atoms with Crippen LogP contribution in [0.2, 0.25) is 0 Å². The van der Waals surface area contributed by atoms with Crippen molar-refractivity contribution in [3.8, 4) is 23.1 Å². The van der Waals surface area contributed by atoms with Gasteiger partial charge in [-0.3, -0.25) is 0 Å². The lowest BCUT2D eigenvalue weighted by Crippen LogP contribution is -2.04. The Labute approximate surface area is 152 Å². The third kappa shape index (κ3) is 2.91. The van der Waals surface area contributed by atoms with Crippen LogP contribution in [0.1, 0.15) is 29.8 Å². The largest absolute Gasteiger partial charge is 0.497 e. The van der Waals surface area contributed by atoms with Gasteiger partial charge in [-0.05, 0) is 43.7 Å². The molecule has 26 heavy (non-hydrogen) atoms. The quantitative estimate of drug-likeness (QED) is 0.642. The number of rotatable bonds is 5. The summed E-state index contributed by atoms with van der Waals surface area (Å²) in [7, 11) is 1.63. The van der Waals surface area contributed by atoms with Gasteiger partial charge in [0.15, 0.2) is 0 Å². The molecule has 0 saturated carbocycles. The summed E-state index contributed by atoms with van der Waals surface area (Å²) >= 11 is 0. The van der Waals surface area contributed by atoms with Gasteiger partial charge in [-0.15, -0.1) is 0 Å². The maximum absolute atomic E-state index is 11.9. The van der Waals surface area contributed by atoms with E-state index in [1.807, 2.05) is 37.3 Å². The van der Waals surface area contributed by atoms with Crippen LogP contribution >= 0.6 is 0 Å². The Morgan fingerprint density at radius 1 is 1.15 bits per heavy atom. The lowest BCUT2D eigenvalue weighted by molar-refractivity contribution is 0.0526. The molecule has 0 aliphatic heterocycles. The van der Waals surface area contributed by atoms with Gasteiger partial charge in [0.25, 0.3) is 0 Å². The number of methoxy groups -OCH3 is 1. The Balaban J connectivity index is 2.18. The van der Waals surface area contributed by atoms with Crippen LogP contribution in [0.3, 0.4) is 0 Å². The van der Waals surface area contributed by atoms with Crippen molar-refractivity contribution in [3.63, 3.8) is 0 Å². The number of esters is 1. The second kappa shape index (κ2) is 7.32. The summed E-state index contributed by atoms with van der Waals surface area (Å²) in [4.78, 5) is 11.9. The van der Waals surface area contributed by atoms with Crippen molar-refractivity contribution in [2.75, 3.05) is 13.7 Å². The lowest BCUT2D eigenvalue weighted by Gasteiger charge is -2.10. The third-order valence-corrected chi connectivity index (χ3v) is 4.37. The molecule has 0 saturated heterocycles. The smallest absolute Gasteiger partial charge is 0.338 e. The first kappa shape index (κ1) is 17.6. The number of ether oxygens (including phenoxy) is 2. The second-order valence-electron chi connectivity index (χ2n) is 5.76. The first-order valence-corrected chi connectivity index (χ1v) is 8.52. The molecule has 5 nitrogen and oxygen atoms in total. The molecule has 0 unspecified atom stereocenters. The van der Waals surface area contributed by atoms with Crippen LogP contribution < -0.4 is 4.74 Å². The predicted octanol–water partition coefficient (Wildman–Crippen LogP) is 4.39. The average Bonchev–Trinajstić information content (AvgIpc) is 3.00. The molecular weight excluding hydrogens is 328 g/mol. The highest BCUT2D eigenvalue weighted by Crippen LogP contribution is 2.35. The summed E-state index contributed by atoms with van der Waals surface area (Å²) in [6.45, 7) is 4.86. The second-order valence-corrected chi connectivity index (χ2v) is 5.76. The number of aromatic nitrogens is 1. The fourth-order valence-electron chi connectivity index (χ4n) is 3.18. The van der Waals surface area contributed by atoms with E-state index in [-0.39, 0.29) is 5.97 Å². The van der Waals surface area contributed by atoms with E-state index in [9.17, 15) is 10.1 Å². The lowest BCUT2D eigenvalue weighted by atomic mass is 10.0. The fourth-order valence-corrected chi connectivity index (χ4v) is 3.18. The molecule has 0 fully saturated rings. The van der Waals surface area contributed by atoms with Gasteiger partial charge in [-0.25, -0.2) is 4.79 Å². The van der Waals surface area contributed by atoms with Crippen LogP contribution in [0.5, 0.6) is 5.75 Å². The molecular formula is C21H20N2O3. The number of carbonyl (C=O) groups excluding carboxylic acids is 1. The van der Waals surface area contributed by atoms with Crippen molar-refractivity contribution in [2.45, 2.75) is 20.4 Å². The molecule has 0 radical (unpaired) electrons. The van der Waals surface area contributed by atoms with E-state index in [0.29, 0.717) is 24.3 Å². The predicted molar refractivity (Wildman–Crippen MR) is 100 cm³/mol. The number of nitriles is 1. The van der Waals surface area contributed by atoms with Crippen molar-refractivity contribution in [3.05, 3.63) is 53.6 Å². The maximum Gasteiger partial charge on any atom is 0.338 e. The molecule has 3 aromatic rings. The molecule has 1 aromatic heterocycles. The van der Waals surface area contributed by atoms with Crippen LogP contribution in [-0.2, 0) is 11.3 Å². The van der Waals surface area contributed by atoms with E-state index in [1.165, 1.54) is 0 Å². The molecule has 1 heterocycles. The molecule has 5 heteroatoms. The minimum absolute atomic E-state index is 0.338. The van der Waals surface area contributed by atoms with Crippen molar-refractivity contribution in [1.82, 2.24) is 4.57 Å². The number of fused-ring (bicyclic) bond motifs is 1. The number of benzene rings is 2. The molecule has 0 amide bonds. The van der Waals surface area contributed by atoms with Crippen LogP contribution in [0.4, 0.5) is 0 Å². The Kier molecular flexibility index (Phi) is 4.94. The number of carbonyl (C=O) groups is 1. The zero-order valence-electron chi connectivity index (χ0n) is 15.1. The maximum atomic E-state index is 11.9. The van der Waals surface area contributed by atoms with E-state index in [1.54, 1.807) is 26.2 Å². The first-order valence-electron chi connectivity index (χ1n) is 8.52. The zero-order valence-corrected chi connectivity index (χ0v) is 15.1. The fraction of sp³-hybridized carbons (Fsp3) is 0.238. The highest BCUT2D eigenvalue weighted by Gasteiger charge is 2.19. The molecule has 0 N–H and O–H groups in total. The normalized spacial score (nSPS) is 10.5. The highest BCUT2D eigenvalue weighted by molar-refractivity contribution is 5.96. The topological polar surface area (TPSA) is 64.2 Å². The number of aryl methyl sites for hydroxylation is 1. The molecule has 0 atom stereocenters. The van der Waals surface area contributed by atoms with E-state index in [4.69, 9.17) is 9.47 Å². The Bertz CT molecular complexity index is 995. The van der Waals surface area contributed by atoms with Crippen LogP contribution in [0, 0.1) is 11.3 Å². The van der Waals surface area contributed by atoms with Crippen molar-refractivity contribution in [2.24, 2.45) is 0 Å². The van der Waals surface area contributed by atoms with Gasteiger partial charge >= 0.3 is 5.97 Å². The Hall–Kier alpha value is -3.26. The molecule has 132 valence electrons. The van der Waals surface area contributed by atoms with Crippen molar-refractivity contribution >= 4 is 16.9 Å². The molecule has 2 aromatic carbocycles. The average molecular weight is 348 g/mol. The van der Waals surface area contributed by atoms with Crippen molar-refractivity contribution in [1.29, 1.82) is 5.26 Å². The van der Waals surface area contributed by atoms with Gasteiger partial charge in [-0.2, -0.15) is 5.26 Å². The van der Waals surface area contributed by atoms with E-state index in [0.717, 1.165) is 27.9 Å². The summed E-state index contributed by atoms with van der Waals surface area (Å²) in [5.74, 6) is 0.402. The summed E-state index contributed by atoms with van der Waals surface area (Å²) in [6, 6.07) is 15.2. The van der Waals surface area contributed by atoms with Gasteiger partial charge < -0.3 is 14.0 Å².